The Balaban J connectivity index is 1.80. The van der Waals surface area contributed by atoms with Gasteiger partial charge in [-0.3, -0.25) is 9.78 Å². The molecule has 2 aromatic carbocycles. The van der Waals surface area contributed by atoms with Crippen LogP contribution < -0.4 is 5.32 Å². The maximum atomic E-state index is 12.5. The van der Waals surface area contributed by atoms with E-state index in [0.29, 0.717) is 33.3 Å². The van der Waals surface area contributed by atoms with E-state index in [1.807, 2.05) is 0 Å². The Morgan fingerprint density at radius 3 is 2.52 bits per heavy atom. The molecule has 3 rings (SSSR count). The summed E-state index contributed by atoms with van der Waals surface area (Å²) in [5.41, 5.74) is 2.21. The summed E-state index contributed by atoms with van der Waals surface area (Å²) in [4.78, 5) is 27.6. The summed E-state index contributed by atoms with van der Waals surface area (Å²) in [6.45, 7) is 1.63. The molecule has 0 aliphatic heterocycles. The van der Waals surface area contributed by atoms with Crippen molar-refractivity contribution in [3.63, 3.8) is 0 Å². The second-order valence-corrected chi connectivity index (χ2v) is 6.34. The Labute approximate surface area is 163 Å². The maximum Gasteiger partial charge on any atom is 0.409 e. The second-order valence-electron chi connectivity index (χ2n) is 6.34. The van der Waals surface area contributed by atoms with E-state index in [0.717, 1.165) is 6.08 Å². The van der Waals surface area contributed by atoms with E-state index >= 15 is 0 Å². The number of nitrogens with one attached hydrogen (secondary N) is 1. The molecule has 0 spiro atoms. The molecule has 1 amide bonds. The van der Waals surface area contributed by atoms with Crippen LogP contribution in [0.15, 0.2) is 54.7 Å². The van der Waals surface area contributed by atoms with Gasteiger partial charge in [0.05, 0.1) is 11.1 Å². The van der Waals surface area contributed by atoms with E-state index in [4.69, 9.17) is 5.11 Å². The molecule has 0 fully saturated rings. The zero-order valence-corrected chi connectivity index (χ0v) is 15.1. The topological polar surface area (TPSA) is 79.3 Å². The summed E-state index contributed by atoms with van der Waals surface area (Å²) in [5, 5.41) is 12.3. The van der Waals surface area contributed by atoms with Gasteiger partial charge in [0.2, 0.25) is 0 Å². The fourth-order valence-corrected chi connectivity index (χ4v) is 2.75. The zero-order chi connectivity index (χ0) is 21.2. The number of nitrogens with zero attached hydrogens (tertiary/aromatic N) is 1. The van der Waals surface area contributed by atoms with Crippen LogP contribution >= 0.6 is 0 Å². The van der Waals surface area contributed by atoms with Gasteiger partial charge < -0.3 is 10.4 Å². The third-order valence-corrected chi connectivity index (χ3v) is 4.15. The number of alkyl halides is 3. The van der Waals surface area contributed by atoms with Gasteiger partial charge in [-0.25, -0.2) is 4.79 Å². The first kappa shape index (κ1) is 20.1. The highest BCUT2D eigenvalue weighted by Crippen LogP contribution is 2.22. The van der Waals surface area contributed by atoms with Crippen LogP contribution in [0, 0.1) is 6.92 Å². The molecule has 0 saturated carbocycles. The highest BCUT2D eigenvalue weighted by atomic mass is 19.4. The lowest BCUT2D eigenvalue weighted by Gasteiger charge is -2.09. The number of carboxylic acids is 1. The Morgan fingerprint density at radius 1 is 1.10 bits per heavy atom. The van der Waals surface area contributed by atoms with Gasteiger partial charge in [-0.15, -0.1) is 0 Å². The number of allylic oxidation sites excluding steroid dienone is 1. The number of aromatic carboxylic acids is 1. The Morgan fingerprint density at radius 2 is 1.86 bits per heavy atom. The number of aromatic nitrogens is 1. The predicted molar refractivity (Wildman–Crippen MR) is 103 cm³/mol. The summed E-state index contributed by atoms with van der Waals surface area (Å²) < 4.78 is 36.8. The molecule has 0 saturated heterocycles. The van der Waals surface area contributed by atoms with Crippen LogP contribution in [-0.4, -0.2) is 28.1 Å². The molecule has 0 bridgehead atoms. The highest BCUT2D eigenvalue weighted by molar-refractivity contribution is 6.06. The molecule has 1 aromatic heterocycles. The minimum Gasteiger partial charge on any atom is -0.478 e. The lowest BCUT2D eigenvalue weighted by Crippen LogP contribution is -2.13. The van der Waals surface area contributed by atoms with Gasteiger partial charge in [0.15, 0.2) is 0 Å². The van der Waals surface area contributed by atoms with Crippen LogP contribution in [0.3, 0.4) is 0 Å². The van der Waals surface area contributed by atoms with Gasteiger partial charge in [0, 0.05) is 28.9 Å². The molecule has 1 heterocycles. The number of carbonyl (C=O) groups is 2. The van der Waals surface area contributed by atoms with Crippen molar-refractivity contribution in [2.75, 3.05) is 5.32 Å². The number of fused-ring (bicyclic) bond motifs is 1. The van der Waals surface area contributed by atoms with E-state index in [2.05, 4.69) is 10.3 Å². The number of halogens is 3. The van der Waals surface area contributed by atoms with Crippen LogP contribution in [0.5, 0.6) is 0 Å². The van der Waals surface area contributed by atoms with Crippen molar-refractivity contribution in [1.29, 1.82) is 0 Å². The number of benzene rings is 2. The summed E-state index contributed by atoms with van der Waals surface area (Å²) in [5.74, 6) is -1.50. The monoisotopic (exact) mass is 400 g/mol. The lowest BCUT2D eigenvalue weighted by molar-refractivity contribution is -0.0790. The van der Waals surface area contributed by atoms with Crippen molar-refractivity contribution in [3.8, 4) is 0 Å². The molecule has 29 heavy (non-hydrogen) atoms. The van der Waals surface area contributed by atoms with Crippen LogP contribution in [-0.2, 0) is 0 Å². The van der Waals surface area contributed by atoms with E-state index in [9.17, 15) is 22.8 Å². The molecule has 8 heteroatoms. The van der Waals surface area contributed by atoms with Crippen LogP contribution in [0.4, 0.5) is 18.9 Å². The first-order valence-corrected chi connectivity index (χ1v) is 8.43. The third-order valence-electron chi connectivity index (χ3n) is 4.15. The Hall–Kier alpha value is -3.68. The smallest absolute Gasteiger partial charge is 0.409 e. The van der Waals surface area contributed by atoms with Gasteiger partial charge in [-0.1, -0.05) is 24.3 Å². The van der Waals surface area contributed by atoms with Crippen LogP contribution in [0.2, 0.25) is 0 Å². The van der Waals surface area contributed by atoms with E-state index in [1.54, 1.807) is 25.1 Å². The molecular weight excluding hydrogens is 385 g/mol. The summed E-state index contributed by atoms with van der Waals surface area (Å²) in [6.07, 6.45) is -2.10. The molecule has 0 aliphatic rings. The third kappa shape index (κ3) is 4.98. The molecular formula is C21H15F3N2O3. The summed E-state index contributed by atoms with van der Waals surface area (Å²) in [6, 6.07) is 10.7. The van der Waals surface area contributed by atoms with Gasteiger partial charge in [-0.05, 0) is 42.3 Å². The van der Waals surface area contributed by atoms with Crippen molar-refractivity contribution < 1.29 is 27.9 Å². The number of carboxylic acid groups (broad SMARTS) is 1. The number of hydrogen-bond donors (Lipinski definition) is 2. The molecule has 0 unspecified atom stereocenters. The molecule has 3 aromatic rings. The lowest BCUT2D eigenvalue weighted by atomic mass is 10.0. The largest absolute Gasteiger partial charge is 0.478 e. The van der Waals surface area contributed by atoms with Gasteiger partial charge in [0.25, 0.3) is 5.91 Å². The predicted octanol–water partition coefficient (Wildman–Crippen LogP) is 5.07. The highest BCUT2D eigenvalue weighted by Gasteiger charge is 2.21. The summed E-state index contributed by atoms with van der Waals surface area (Å²) in [7, 11) is 0. The number of carbonyl (C=O) groups excluding carboxylic acids is 1. The fourth-order valence-electron chi connectivity index (χ4n) is 2.75. The standard InChI is InChI=1S/C21H15F3N2O3/c1-12-8-13(6-7-21(22,23)24)2-5-17(12)19(27)26-16-4-3-14-9-15(20(28)29)11-25-18(14)10-16/h2-11H,1H3,(H,26,27)(H,28,29)/b7-6+. The van der Waals surface area contributed by atoms with Crippen molar-refractivity contribution in [1.82, 2.24) is 4.98 Å². The van der Waals surface area contributed by atoms with Crippen molar-refractivity contribution >= 4 is 34.5 Å². The van der Waals surface area contributed by atoms with Crippen molar-refractivity contribution in [2.24, 2.45) is 0 Å². The number of anilines is 1. The quantitative estimate of drug-likeness (QED) is 0.641. The van der Waals surface area contributed by atoms with E-state index in [1.165, 1.54) is 30.5 Å². The van der Waals surface area contributed by atoms with Crippen LogP contribution in [0.25, 0.3) is 17.0 Å². The molecule has 0 atom stereocenters. The zero-order valence-electron chi connectivity index (χ0n) is 15.1. The fraction of sp³-hybridized carbons (Fsp3) is 0.0952. The number of rotatable bonds is 4. The average molecular weight is 400 g/mol. The number of aryl methyl sites for hydroxylation is 1. The first-order valence-electron chi connectivity index (χ1n) is 8.43. The van der Waals surface area contributed by atoms with Crippen LogP contribution in [0.1, 0.15) is 31.8 Å². The van der Waals surface area contributed by atoms with Crippen molar-refractivity contribution in [3.05, 3.63) is 77.0 Å². The second kappa shape index (κ2) is 7.75. The number of hydrogen-bond acceptors (Lipinski definition) is 3. The van der Waals surface area contributed by atoms with Gasteiger partial charge >= 0.3 is 12.1 Å². The molecule has 0 aliphatic carbocycles. The van der Waals surface area contributed by atoms with E-state index in [-0.39, 0.29) is 11.6 Å². The maximum absolute atomic E-state index is 12.5. The van der Waals surface area contributed by atoms with Crippen molar-refractivity contribution in [2.45, 2.75) is 13.1 Å². The molecule has 5 nitrogen and oxygen atoms in total. The minimum absolute atomic E-state index is 0.0598. The SMILES string of the molecule is Cc1cc(/C=C/C(F)(F)F)ccc1C(=O)Nc1ccc2cc(C(=O)O)cnc2c1. The molecule has 2 N–H and O–H groups in total. The van der Waals surface area contributed by atoms with Gasteiger partial charge in [0.1, 0.15) is 0 Å². The number of amides is 1. The summed E-state index contributed by atoms with van der Waals surface area (Å²) >= 11 is 0. The minimum atomic E-state index is -4.40. The van der Waals surface area contributed by atoms with Gasteiger partial charge in [-0.2, -0.15) is 13.2 Å². The number of pyridine rings is 1. The average Bonchev–Trinajstić information content (AvgIpc) is 2.65. The molecule has 0 radical (unpaired) electrons. The van der Waals surface area contributed by atoms with E-state index < -0.39 is 18.1 Å². The first-order chi connectivity index (χ1) is 13.6. The Kier molecular flexibility index (Phi) is 5.36. The molecule has 148 valence electrons. The Bertz CT molecular complexity index is 1140. The normalized spacial score (nSPS) is 11.7.